The number of amides is 1. The SMILES string of the molecule is CCC#CCC(C)(C)C(O)/C=C/C1CCC(=O)N1CCCCCCC(=O)OC. The molecule has 0 spiro atoms. The lowest BCUT2D eigenvalue weighted by molar-refractivity contribution is -0.140. The highest BCUT2D eigenvalue weighted by Crippen LogP contribution is 2.27. The summed E-state index contributed by atoms with van der Waals surface area (Å²) in [4.78, 5) is 25.2. The van der Waals surface area contributed by atoms with Gasteiger partial charge in [-0.25, -0.2) is 0 Å². The molecule has 1 N–H and O–H groups in total. The van der Waals surface area contributed by atoms with Crippen LogP contribution in [0.4, 0.5) is 0 Å². The zero-order valence-electron chi connectivity index (χ0n) is 18.0. The van der Waals surface area contributed by atoms with Gasteiger partial charge in [-0.1, -0.05) is 45.8 Å². The molecule has 0 aromatic rings. The van der Waals surface area contributed by atoms with Crippen LogP contribution < -0.4 is 0 Å². The van der Waals surface area contributed by atoms with Gasteiger partial charge >= 0.3 is 5.97 Å². The summed E-state index contributed by atoms with van der Waals surface area (Å²) in [5, 5.41) is 10.5. The number of hydrogen-bond donors (Lipinski definition) is 1. The first-order valence-electron chi connectivity index (χ1n) is 10.5. The average molecular weight is 392 g/mol. The third kappa shape index (κ3) is 8.48. The normalized spacial score (nSPS) is 18.2. The number of carbonyl (C=O) groups is 2. The number of likely N-dealkylation sites (tertiary alicyclic amines) is 1. The molecular formula is C23H37NO4. The Hall–Kier alpha value is -1.80. The summed E-state index contributed by atoms with van der Waals surface area (Å²) in [6, 6.07) is 0.0646. The van der Waals surface area contributed by atoms with Gasteiger partial charge in [0.05, 0.1) is 19.3 Å². The van der Waals surface area contributed by atoms with E-state index in [2.05, 4.69) is 16.6 Å². The van der Waals surface area contributed by atoms with Crippen molar-refractivity contribution in [2.24, 2.45) is 5.41 Å². The molecule has 0 bridgehead atoms. The predicted octanol–water partition coefficient (Wildman–Crippen LogP) is 3.85. The topological polar surface area (TPSA) is 66.8 Å². The molecule has 0 aromatic carbocycles. The maximum Gasteiger partial charge on any atom is 0.305 e. The van der Waals surface area contributed by atoms with Crippen LogP contribution in [0.15, 0.2) is 12.2 Å². The third-order valence-electron chi connectivity index (χ3n) is 5.29. The van der Waals surface area contributed by atoms with E-state index in [-0.39, 0.29) is 23.3 Å². The molecule has 2 unspecified atom stereocenters. The monoisotopic (exact) mass is 391 g/mol. The first-order chi connectivity index (χ1) is 13.3. The number of methoxy groups -OCH3 is 1. The highest BCUT2D eigenvalue weighted by molar-refractivity contribution is 5.79. The zero-order valence-corrected chi connectivity index (χ0v) is 18.0. The number of hydrogen-bond acceptors (Lipinski definition) is 4. The van der Waals surface area contributed by atoms with Crippen molar-refractivity contribution in [3.63, 3.8) is 0 Å². The van der Waals surface area contributed by atoms with Crippen LogP contribution in [0.5, 0.6) is 0 Å². The van der Waals surface area contributed by atoms with E-state index in [4.69, 9.17) is 0 Å². The Morgan fingerprint density at radius 1 is 1.32 bits per heavy atom. The molecule has 2 atom stereocenters. The summed E-state index contributed by atoms with van der Waals surface area (Å²) in [6.45, 7) is 6.77. The minimum atomic E-state index is -0.588. The van der Waals surface area contributed by atoms with E-state index < -0.39 is 6.10 Å². The van der Waals surface area contributed by atoms with Crippen LogP contribution in [-0.4, -0.2) is 47.7 Å². The van der Waals surface area contributed by atoms with Gasteiger partial charge in [0.1, 0.15) is 0 Å². The van der Waals surface area contributed by atoms with Gasteiger partial charge in [0.15, 0.2) is 0 Å². The Morgan fingerprint density at radius 2 is 2.04 bits per heavy atom. The van der Waals surface area contributed by atoms with Crippen molar-refractivity contribution in [2.75, 3.05) is 13.7 Å². The van der Waals surface area contributed by atoms with Crippen molar-refractivity contribution in [1.82, 2.24) is 4.90 Å². The van der Waals surface area contributed by atoms with Gasteiger partial charge in [0.2, 0.25) is 5.91 Å². The molecule has 0 radical (unpaired) electrons. The van der Waals surface area contributed by atoms with E-state index in [1.807, 2.05) is 37.8 Å². The highest BCUT2D eigenvalue weighted by Gasteiger charge is 2.30. The van der Waals surface area contributed by atoms with Gasteiger partial charge in [0.25, 0.3) is 0 Å². The van der Waals surface area contributed by atoms with Crippen LogP contribution in [0.1, 0.15) is 78.6 Å². The smallest absolute Gasteiger partial charge is 0.305 e. The van der Waals surface area contributed by atoms with Gasteiger partial charge < -0.3 is 14.7 Å². The summed E-state index contributed by atoms with van der Waals surface area (Å²) in [5.41, 5.74) is -0.314. The Balaban J connectivity index is 2.45. The molecule has 0 aromatic heterocycles. The molecular weight excluding hydrogens is 354 g/mol. The van der Waals surface area contributed by atoms with Gasteiger partial charge in [0, 0.05) is 37.6 Å². The number of nitrogens with zero attached hydrogens (tertiary/aromatic N) is 1. The largest absolute Gasteiger partial charge is 0.469 e. The predicted molar refractivity (Wildman–Crippen MR) is 111 cm³/mol. The van der Waals surface area contributed by atoms with Gasteiger partial charge in [-0.3, -0.25) is 9.59 Å². The van der Waals surface area contributed by atoms with Crippen LogP contribution in [0, 0.1) is 17.3 Å². The van der Waals surface area contributed by atoms with E-state index in [0.29, 0.717) is 19.3 Å². The van der Waals surface area contributed by atoms with Crippen molar-refractivity contribution in [1.29, 1.82) is 0 Å². The lowest BCUT2D eigenvalue weighted by Gasteiger charge is -2.27. The van der Waals surface area contributed by atoms with E-state index >= 15 is 0 Å². The second-order valence-electron chi connectivity index (χ2n) is 8.14. The van der Waals surface area contributed by atoms with Crippen molar-refractivity contribution in [3.05, 3.63) is 12.2 Å². The van der Waals surface area contributed by atoms with E-state index in [0.717, 1.165) is 45.1 Å². The molecule has 1 amide bonds. The summed E-state index contributed by atoms with van der Waals surface area (Å²) in [6.07, 6.45) is 10.2. The fourth-order valence-corrected chi connectivity index (χ4v) is 3.27. The summed E-state index contributed by atoms with van der Waals surface area (Å²) < 4.78 is 4.64. The molecule has 1 rings (SSSR count). The number of aliphatic hydroxyl groups is 1. The second kappa shape index (κ2) is 12.6. The molecule has 158 valence electrons. The Bertz CT molecular complexity index is 585. The minimum Gasteiger partial charge on any atom is -0.469 e. The molecule has 1 aliphatic rings. The number of ether oxygens (including phenoxy) is 1. The molecule has 1 heterocycles. The van der Waals surface area contributed by atoms with E-state index in [9.17, 15) is 14.7 Å². The standard InChI is InChI=1S/C23H37NO4/c1-5-6-10-17-23(2,3)20(25)15-13-19-14-16-21(26)24(19)18-11-8-7-9-12-22(27)28-4/h13,15,19-20,25H,5,7-9,11-12,14,16-18H2,1-4H3/b15-13+. The lowest BCUT2D eigenvalue weighted by atomic mass is 9.83. The summed E-state index contributed by atoms with van der Waals surface area (Å²) >= 11 is 0. The maximum atomic E-state index is 12.2. The van der Waals surface area contributed by atoms with Crippen LogP contribution in [0.25, 0.3) is 0 Å². The molecule has 5 heteroatoms. The number of esters is 1. The third-order valence-corrected chi connectivity index (χ3v) is 5.29. The second-order valence-corrected chi connectivity index (χ2v) is 8.14. The molecule has 1 aliphatic heterocycles. The number of carbonyl (C=O) groups excluding carboxylic acids is 2. The fraction of sp³-hybridized carbons (Fsp3) is 0.739. The van der Waals surface area contributed by atoms with Crippen molar-refractivity contribution in [2.45, 2.75) is 90.7 Å². The number of unbranched alkanes of at least 4 members (excludes halogenated alkanes) is 3. The first kappa shape index (κ1) is 24.2. The first-order valence-corrected chi connectivity index (χ1v) is 10.5. The number of rotatable bonds is 11. The zero-order chi connectivity index (χ0) is 21.0. The molecule has 1 fully saturated rings. The average Bonchev–Trinajstić information content (AvgIpc) is 3.02. The van der Waals surface area contributed by atoms with Gasteiger partial charge in [-0.05, 0) is 19.3 Å². The van der Waals surface area contributed by atoms with Crippen LogP contribution in [0.3, 0.4) is 0 Å². The highest BCUT2D eigenvalue weighted by atomic mass is 16.5. The summed E-state index contributed by atoms with van der Waals surface area (Å²) in [5.74, 6) is 6.19. The quantitative estimate of drug-likeness (QED) is 0.251. The van der Waals surface area contributed by atoms with Crippen LogP contribution in [0.2, 0.25) is 0 Å². The minimum absolute atomic E-state index is 0.0646. The lowest BCUT2D eigenvalue weighted by Crippen LogP contribution is -2.33. The molecule has 0 aliphatic carbocycles. The van der Waals surface area contributed by atoms with Crippen LogP contribution in [-0.2, 0) is 14.3 Å². The van der Waals surface area contributed by atoms with Crippen LogP contribution >= 0.6 is 0 Å². The fourth-order valence-electron chi connectivity index (χ4n) is 3.27. The van der Waals surface area contributed by atoms with Gasteiger partial charge in [-0.2, -0.15) is 0 Å². The van der Waals surface area contributed by atoms with Crippen molar-refractivity contribution in [3.8, 4) is 11.8 Å². The molecule has 5 nitrogen and oxygen atoms in total. The summed E-state index contributed by atoms with van der Waals surface area (Å²) in [7, 11) is 1.41. The molecule has 0 saturated carbocycles. The van der Waals surface area contributed by atoms with Crippen molar-refractivity contribution < 1.29 is 19.4 Å². The maximum absolute atomic E-state index is 12.2. The Kier molecular flexibility index (Phi) is 10.9. The Morgan fingerprint density at radius 3 is 2.71 bits per heavy atom. The number of aliphatic hydroxyl groups excluding tert-OH is 1. The molecule has 28 heavy (non-hydrogen) atoms. The van der Waals surface area contributed by atoms with Gasteiger partial charge in [-0.15, -0.1) is 11.8 Å². The van der Waals surface area contributed by atoms with E-state index in [1.54, 1.807) is 0 Å². The Labute approximate surface area is 170 Å². The van der Waals surface area contributed by atoms with E-state index in [1.165, 1.54) is 7.11 Å². The van der Waals surface area contributed by atoms with Crippen molar-refractivity contribution >= 4 is 11.9 Å². The molecule has 1 saturated heterocycles.